The van der Waals surface area contributed by atoms with E-state index in [4.69, 9.17) is 0 Å². The molecule has 90 valence electrons. The summed E-state index contributed by atoms with van der Waals surface area (Å²) >= 11 is 0. The molecule has 0 radical (unpaired) electrons. The van der Waals surface area contributed by atoms with E-state index in [0.717, 1.165) is 24.2 Å². The first kappa shape index (κ1) is 13.0. The van der Waals surface area contributed by atoms with Crippen LogP contribution in [0.2, 0.25) is 0 Å². The molecule has 0 amide bonds. The van der Waals surface area contributed by atoms with Gasteiger partial charge in [0, 0.05) is 30.9 Å². The number of hydrogen-bond donors (Lipinski definition) is 1. The van der Waals surface area contributed by atoms with Crippen molar-refractivity contribution in [1.82, 2.24) is 5.32 Å². The average molecular weight is 224 g/mol. The fraction of sp³-hybridized carbons (Fsp3) is 0.538. The Hall–Kier alpha value is -1.09. The van der Waals surface area contributed by atoms with E-state index in [1.165, 1.54) is 6.07 Å². The molecule has 1 aromatic carbocycles. The van der Waals surface area contributed by atoms with Crippen LogP contribution in [0.1, 0.15) is 31.9 Å². The maximum atomic E-state index is 13.8. The second-order valence-electron chi connectivity index (χ2n) is 4.10. The van der Waals surface area contributed by atoms with Crippen LogP contribution in [0, 0.1) is 5.82 Å². The summed E-state index contributed by atoms with van der Waals surface area (Å²) in [6, 6.07) is 5.28. The Kier molecular flexibility index (Phi) is 4.74. The third kappa shape index (κ3) is 2.73. The predicted octanol–water partition coefficient (Wildman–Crippen LogP) is 2.95. The number of anilines is 1. The van der Waals surface area contributed by atoms with E-state index in [-0.39, 0.29) is 11.9 Å². The first-order chi connectivity index (χ1) is 7.61. The number of halogens is 1. The maximum Gasteiger partial charge on any atom is 0.130 e. The molecule has 0 saturated heterocycles. The molecule has 2 nitrogen and oxygen atoms in total. The third-order valence-electron chi connectivity index (χ3n) is 2.87. The predicted molar refractivity (Wildman–Crippen MR) is 67.4 cm³/mol. The summed E-state index contributed by atoms with van der Waals surface area (Å²) in [7, 11) is 3.85. The lowest BCUT2D eigenvalue weighted by Crippen LogP contribution is -2.23. The highest BCUT2D eigenvalue weighted by atomic mass is 19.1. The molecule has 0 heterocycles. The van der Waals surface area contributed by atoms with Crippen LogP contribution in [-0.4, -0.2) is 20.6 Å². The zero-order chi connectivity index (χ0) is 12.1. The minimum absolute atomic E-state index is 0.0236. The molecule has 0 aliphatic carbocycles. The van der Waals surface area contributed by atoms with Gasteiger partial charge in [-0.05, 0) is 32.5 Å². The van der Waals surface area contributed by atoms with E-state index in [2.05, 4.69) is 17.1 Å². The van der Waals surface area contributed by atoms with Gasteiger partial charge in [0.25, 0.3) is 0 Å². The number of rotatable bonds is 5. The van der Waals surface area contributed by atoms with Gasteiger partial charge in [-0.25, -0.2) is 4.39 Å². The summed E-state index contributed by atoms with van der Waals surface area (Å²) in [5, 5.41) is 3.09. The van der Waals surface area contributed by atoms with Gasteiger partial charge in [0.2, 0.25) is 0 Å². The van der Waals surface area contributed by atoms with Gasteiger partial charge >= 0.3 is 0 Å². The van der Waals surface area contributed by atoms with Crippen LogP contribution in [0.4, 0.5) is 10.1 Å². The Balaban J connectivity index is 3.12. The molecule has 16 heavy (non-hydrogen) atoms. The molecule has 1 aromatic rings. The lowest BCUT2D eigenvalue weighted by Gasteiger charge is -2.25. The highest BCUT2D eigenvalue weighted by Crippen LogP contribution is 2.28. The molecule has 0 bridgehead atoms. The molecular weight excluding hydrogens is 203 g/mol. The van der Waals surface area contributed by atoms with Crippen molar-refractivity contribution in [2.75, 3.05) is 25.5 Å². The molecule has 0 saturated carbocycles. The van der Waals surface area contributed by atoms with Crippen LogP contribution in [-0.2, 0) is 0 Å². The quantitative estimate of drug-likeness (QED) is 0.827. The number of benzene rings is 1. The molecule has 1 rings (SSSR count). The van der Waals surface area contributed by atoms with Crippen molar-refractivity contribution in [2.45, 2.75) is 26.3 Å². The van der Waals surface area contributed by atoms with Gasteiger partial charge in [0.15, 0.2) is 0 Å². The SMILES string of the molecule is CCCN(C)c1cccc(F)c1C(C)NC. The zero-order valence-electron chi connectivity index (χ0n) is 10.5. The summed E-state index contributed by atoms with van der Waals surface area (Å²) < 4.78 is 13.8. The molecule has 0 aromatic heterocycles. The topological polar surface area (TPSA) is 15.3 Å². The Morgan fingerprint density at radius 3 is 2.69 bits per heavy atom. The Morgan fingerprint density at radius 2 is 2.12 bits per heavy atom. The van der Waals surface area contributed by atoms with Gasteiger partial charge in [0.05, 0.1) is 0 Å². The molecule has 0 fully saturated rings. The average Bonchev–Trinajstić information content (AvgIpc) is 2.28. The molecule has 1 N–H and O–H groups in total. The first-order valence-corrected chi connectivity index (χ1v) is 5.78. The van der Waals surface area contributed by atoms with E-state index >= 15 is 0 Å². The number of nitrogens with zero attached hydrogens (tertiary/aromatic N) is 1. The van der Waals surface area contributed by atoms with E-state index < -0.39 is 0 Å². The van der Waals surface area contributed by atoms with Crippen molar-refractivity contribution in [3.05, 3.63) is 29.6 Å². The van der Waals surface area contributed by atoms with Crippen molar-refractivity contribution in [2.24, 2.45) is 0 Å². The standard InChI is InChI=1S/C13H21FN2/c1-5-9-16(4)12-8-6-7-11(14)13(12)10(2)15-3/h6-8,10,15H,5,9H2,1-4H3. The van der Waals surface area contributed by atoms with Gasteiger partial charge < -0.3 is 10.2 Å². The Morgan fingerprint density at radius 1 is 1.44 bits per heavy atom. The fourth-order valence-electron chi connectivity index (χ4n) is 1.89. The van der Waals surface area contributed by atoms with Gasteiger partial charge in [-0.1, -0.05) is 13.0 Å². The third-order valence-corrected chi connectivity index (χ3v) is 2.87. The lowest BCUT2D eigenvalue weighted by molar-refractivity contribution is 0.560. The highest BCUT2D eigenvalue weighted by molar-refractivity contribution is 5.55. The number of nitrogens with one attached hydrogen (secondary N) is 1. The van der Waals surface area contributed by atoms with Gasteiger partial charge in [-0.3, -0.25) is 0 Å². The van der Waals surface area contributed by atoms with Crippen LogP contribution >= 0.6 is 0 Å². The fourth-order valence-corrected chi connectivity index (χ4v) is 1.89. The maximum absolute atomic E-state index is 13.8. The van der Waals surface area contributed by atoms with Crippen molar-refractivity contribution in [3.63, 3.8) is 0 Å². The first-order valence-electron chi connectivity index (χ1n) is 5.78. The van der Waals surface area contributed by atoms with Crippen molar-refractivity contribution in [3.8, 4) is 0 Å². The second kappa shape index (κ2) is 5.85. The van der Waals surface area contributed by atoms with E-state index in [1.54, 1.807) is 6.07 Å². The van der Waals surface area contributed by atoms with Crippen LogP contribution < -0.4 is 10.2 Å². The minimum Gasteiger partial charge on any atom is -0.374 e. The van der Waals surface area contributed by atoms with E-state index in [9.17, 15) is 4.39 Å². The molecule has 3 heteroatoms. The summed E-state index contributed by atoms with van der Waals surface area (Å²) in [6.45, 7) is 5.03. The monoisotopic (exact) mass is 224 g/mol. The summed E-state index contributed by atoms with van der Waals surface area (Å²) in [5.41, 5.74) is 1.73. The zero-order valence-corrected chi connectivity index (χ0v) is 10.5. The summed E-state index contributed by atoms with van der Waals surface area (Å²) in [4.78, 5) is 2.10. The molecule has 0 spiro atoms. The van der Waals surface area contributed by atoms with Gasteiger partial charge in [-0.15, -0.1) is 0 Å². The second-order valence-corrected chi connectivity index (χ2v) is 4.10. The Labute approximate surface area is 97.5 Å². The van der Waals surface area contributed by atoms with Crippen LogP contribution in [0.15, 0.2) is 18.2 Å². The number of hydrogen-bond acceptors (Lipinski definition) is 2. The van der Waals surface area contributed by atoms with Gasteiger partial charge in [-0.2, -0.15) is 0 Å². The Bertz CT molecular complexity index is 339. The minimum atomic E-state index is -0.137. The molecule has 0 aliphatic rings. The highest BCUT2D eigenvalue weighted by Gasteiger charge is 2.16. The largest absolute Gasteiger partial charge is 0.374 e. The summed E-state index contributed by atoms with van der Waals surface area (Å²) in [5.74, 6) is -0.137. The molecule has 1 atom stereocenters. The van der Waals surface area contributed by atoms with Gasteiger partial charge in [0.1, 0.15) is 5.82 Å². The van der Waals surface area contributed by atoms with Crippen molar-refractivity contribution in [1.29, 1.82) is 0 Å². The lowest BCUT2D eigenvalue weighted by atomic mass is 10.0. The summed E-state index contributed by atoms with van der Waals surface area (Å²) in [6.07, 6.45) is 1.06. The molecular formula is C13H21FN2. The van der Waals surface area contributed by atoms with Crippen LogP contribution in [0.3, 0.4) is 0 Å². The normalized spacial score (nSPS) is 12.6. The molecule has 0 aliphatic heterocycles. The smallest absolute Gasteiger partial charge is 0.130 e. The van der Waals surface area contributed by atoms with Crippen LogP contribution in [0.25, 0.3) is 0 Å². The van der Waals surface area contributed by atoms with Crippen molar-refractivity contribution >= 4 is 5.69 Å². The van der Waals surface area contributed by atoms with Crippen molar-refractivity contribution < 1.29 is 4.39 Å². The van der Waals surface area contributed by atoms with E-state index in [1.807, 2.05) is 27.1 Å². The molecule has 1 unspecified atom stereocenters. The van der Waals surface area contributed by atoms with E-state index in [0.29, 0.717) is 0 Å². The van der Waals surface area contributed by atoms with Crippen LogP contribution in [0.5, 0.6) is 0 Å².